The smallest absolute Gasteiger partial charge is 0.363 e. The summed E-state index contributed by atoms with van der Waals surface area (Å²) in [6, 6.07) is 10.8. The maximum Gasteiger partial charge on any atom is 0.363 e. The van der Waals surface area contributed by atoms with Gasteiger partial charge in [0.15, 0.2) is 5.60 Å². The minimum absolute atomic E-state index is 0.0480. The third-order valence-electron chi connectivity index (χ3n) is 6.38. The normalized spacial score (nSPS) is 11.7. The minimum atomic E-state index is -1.32. The van der Waals surface area contributed by atoms with Crippen molar-refractivity contribution in [1.29, 1.82) is 0 Å². The van der Waals surface area contributed by atoms with Crippen molar-refractivity contribution >= 4 is 35.4 Å². The summed E-state index contributed by atoms with van der Waals surface area (Å²) in [7, 11) is 1.31. The molecule has 1 aromatic carbocycles. The zero-order chi connectivity index (χ0) is 30.4. The molecule has 0 aliphatic heterocycles. The van der Waals surface area contributed by atoms with Crippen LogP contribution in [0.15, 0.2) is 42.6 Å². The molecule has 11 nitrogen and oxygen atoms in total. The molecule has 0 bridgehead atoms. The van der Waals surface area contributed by atoms with Crippen LogP contribution in [0.2, 0.25) is 0 Å². The highest BCUT2D eigenvalue weighted by Gasteiger charge is 2.34. The Hall–Kier alpha value is -4.25. The number of anilines is 1. The molecule has 3 aromatic rings. The predicted octanol–water partition coefficient (Wildman–Crippen LogP) is 4.44. The van der Waals surface area contributed by atoms with Gasteiger partial charge in [-0.15, -0.1) is 0 Å². The fourth-order valence-corrected chi connectivity index (χ4v) is 4.01. The Bertz CT molecular complexity index is 1430. The molecule has 2 heterocycles. The van der Waals surface area contributed by atoms with E-state index in [1.54, 1.807) is 44.2 Å². The Morgan fingerprint density at radius 1 is 1.10 bits per heavy atom. The number of carbonyl (C=O) groups is 4. The van der Waals surface area contributed by atoms with Gasteiger partial charge in [0.1, 0.15) is 23.3 Å². The second kappa shape index (κ2) is 12.9. The number of hydroxylamine groups is 2. The van der Waals surface area contributed by atoms with Crippen LogP contribution in [0.5, 0.6) is 5.75 Å². The van der Waals surface area contributed by atoms with Crippen molar-refractivity contribution < 1.29 is 33.5 Å². The molecule has 0 saturated heterocycles. The van der Waals surface area contributed by atoms with Gasteiger partial charge in [0.25, 0.3) is 11.8 Å². The van der Waals surface area contributed by atoms with Gasteiger partial charge < -0.3 is 28.8 Å². The molecule has 0 aliphatic carbocycles. The maximum atomic E-state index is 13.1. The lowest BCUT2D eigenvalue weighted by molar-refractivity contribution is -0.210. The van der Waals surface area contributed by atoms with Gasteiger partial charge in [0.2, 0.25) is 0 Å². The lowest BCUT2D eigenvalue weighted by Gasteiger charge is -2.30. The van der Waals surface area contributed by atoms with Gasteiger partial charge in [-0.3, -0.25) is 9.59 Å². The van der Waals surface area contributed by atoms with Crippen LogP contribution in [0.4, 0.5) is 5.69 Å². The zero-order valence-electron chi connectivity index (χ0n) is 24.6. The number of hydrogen-bond donors (Lipinski definition) is 1. The summed E-state index contributed by atoms with van der Waals surface area (Å²) in [5.41, 5.74) is 1.45. The monoisotopic (exact) mass is 566 g/mol. The summed E-state index contributed by atoms with van der Waals surface area (Å²) >= 11 is 0. The van der Waals surface area contributed by atoms with Crippen molar-refractivity contribution in [2.24, 2.45) is 0 Å². The van der Waals surface area contributed by atoms with Crippen molar-refractivity contribution in [1.82, 2.24) is 14.4 Å². The number of rotatable bonds is 12. The molecule has 0 radical (unpaired) electrons. The number of nitrogens with zero attached hydrogens (tertiary/aromatic N) is 3. The number of aldehydes is 1. The molecule has 0 fully saturated rings. The second-order valence-electron chi connectivity index (χ2n) is 10.9. The number of benzene rings is 1. The first kappa shape index (κ1) is 31.3. The van der Waals surface area contributed by atoms with Crippen LogP contribution in [-0.2, 0) is 24.0 Å². The van der Waals surface area contributed by atoms with Gasteiger partial charge in [0.05, 0.1) is 12.2 Å². The molecule has 1 N–H and O–H groups in total. The van der Waals surface area contributed by atoms with E-state index in [9.17, 15) is 19.2 Å². The van der Waals surface area contributed by atoms with E-state index in [1.807, 2.05) is 44.4 Å². The van der Waals surface area contributed by atoms with Crippen molar-refractivity contribution in [2.75, 3.05) is 19.0 Å². The SMILES string of the molecule is Cc1cc(C)n2ccc(C(=O)Nc3cccc(OC(C)(C)CCOC(C)(C)C(=O)ON(C)C(=O)CCC=O)c3)c2n1. The van der Waals surface area contributed by atoms with Gasteiger partial charge in [-0.05, 0) is 65.8 Å². The fraction of sp³-hybridized carbons (Fsp3) is 0.433. The zero-order valence-corrected chi connectivity index (χ0v) is 24.6. The highest BCUT2D eigenvalue weighted by atomic mass is 16.7. The van der Waals surface area contributed by atoms with E-state index >= 15 is 0 Å². The van der Waals surface area contributed by atoms with Crippen LogP contribution in [0.3, 0.4) is 0 Å². The van der Waals surface area contributed by atoms with Crippen LogP contribution < -0.4 is 10.1 Å². The standard InChI is InChI=1S/C30H38N4O7/c1-20-18-21(2)34-15-13-24(26(34)31-20)27(37)32-22-10-8-11-23(19-22)40-29(3,4)14-17-39-30(5,6)28(38)41-33(7)25(36)12-9-16-35/h8,10-11,13,15-16,18-19H,9,12,14,17H2,1-7H3,(H,32,37). The molecule has 220 valence electrons. The van der Waals surface area contributed by atoms with E-state index in [-0.39, 0.29) is 25.4 Å². The molecule has 3 rings (SSSR count). The highest BCUT2D eigenvalue weighted by Crippen LogP contribution is 2.26. The average Bonchev–Trinajstić information content (AvgIpc) is 3.31. The predicted molar refractivity (Wildman–Crippen MR) is 153 cm³/mol. The largest absolute Gasteiger partial charge is 0.488 e. The number of aryl methyl sites for hydroxylation is 2. The van der Waals surface area contributed by atoms with Crippen LogP contribution in [-0.4, -0.2) is 63.4 Å². The molecule has 41 heavy (non-hydrogen) atoms. The summed E-state index contributed by atoms with van der Waals surface area (Å²) < 4.78 is 13.8. The lowest BCUT2D eigenvalue weighted by atomic mass is 10.1. The number of aromatic nitrogens is 2. The summed E-state index contributed by atoms with van der Waals surface area (Å²) in [6.07, 6.45) is 2.87. The van der Waals surface area contributed by atoms with E-state index in [4.69, 9.17) is 14.3 Å². The number of carbonyl (C=O) groups excluding carboxylic acids is 4. The Morgan fingerprint density at radius 3 is 2.54 bits per heavy atom. The number of nitrogens with one attached hydrogen (secondary N) is 1. The van der Waals surface area contributed by atoms with E-state index in [0.717, 1.165) is 16.5 Å². The Labute approximate surface area is 239 Å². The van der Waals surface area contributed by atoms with Crippen LogP contribution in [0.25, 0.3) is 5.65 Å². The molecular formula is C30H38N4O7. The summed E-state index contributed by atoms with van der Waals surface area (Å²) in [5, 5.41) is 3.73. The second-order valence-corrected chi connectivity index (χ2v) is 10.9. The third-order valence-corrected chi connectivity index (χ3v) is 6.38. The minimum Gasteiger partial charge on any atom is -0.488 e. The van der Waals surface area contributed by atoms with Gasteiger partial charge in [-0.1, -0.05) is 6.07 Å². The van der Waals surface area contributed by atoms with Crippen LogP contribution in [0.1, 0.15) is 68.7 Å². The average molecular weight is 567 g/mol. The van der Waals surface area contributed by atoms with Gasteiger partial charge in [0, 0.05) is 55.6 Å². The lowest BCUT2D eigenvalue weighted by Crippen LogP contribution is -2.43. The summed E-state index contributed by atoms with van der Waals surface area (Å²) in [5.74, 6) is -0.954. The number of fused-ring (bicyclic) bond motifs is 1. The molecule has 0 atom stereocenters. The van der Waals surface area contributed by atoms with Crippen molar-refractivity contribution in [3.63, 3.8) is 0 Å². The van der Waals surface area contributed by atoms with Gasteiger partial charge in [-0.2, -0.15) is 5.06 Å². The maximum absolute atomic E-state index is 13.1. The summed E-state index contributed by atoms with van der Waals surface area (Å²) in [4.78, 5) is 57.6. The van der Waals surface area contributed by atoms with Gasteiger partial charge in [-0.25, -0.2) is 9.78 Å². The van der Waals surface area contributed by atoms with Gasteiger partial charge >= 0.3 is 5.97 Å². The topological polar surface area (TPSA) is 129 Å². The first-order valence-electron chi connectivity index (χ1n) is 13.3. The summed E-state index contributed by atoms with van der Waals surface area (Å²) in [6.45, 7) is 10.9. The van der Waals surface area contributed by atoms with Crippen LogP contribution in [0, 0.1) is 13.8 Å². The Balaban J connectivity index is 1.56. The Morgan fingerprint density at radius 2 is 1.83 bits per heavy atom. The number of amides is 2. The third kappa shape index (κ3) is 8.37. The molecule has 2 aromatic heterocycles. The van der Waals surface area contributed by atoms with Crippen LogP contribution >= 0.6 is 0 Å². The highest BCUT2D eigenvalue weighted by molar-refractivity contribution is 6.08. The van der Waals surface area contributed by atoms with E-state index in [2.05, 4.69) is 10.3 Å². The first-order valence-corrected chi connectivity index (χ1v) is 13.3. The fourth-order valence-electron chi connectivity index (χ4n) is 4.01. The molecule has 2 amide bonds. The molecule has 11 heteroatoms. The molecular weight excluding hydrogens is 528 g/mol. The number of hydrogen-bond acceptors (Lipinski definition) is 8. The Kier molecular flexibility index (Phi) is 9.88. The molecule has 0 spiro atoms. The van der Waals surface area contributed by atoms with Crippen molar-refractivity contribution in [2.45, 2.75) is 72.0 Å². The molecule has 0 unspecified atom stereocenters. The van der Waals surface area contributed by atoms with E-state index in [1.165, 1.54) is 7.05 Å². The first-order chi connectivity index (χ1) is 19.2. The number of ether oxygens (including phenoxy) is 2. The van der Waals surface area contributed by atoms with E-state index < -0.39 is 23.1 Å². The van der Waals surface area contributed by atoms with Crippen molar-refractivity contribution in [3.8, 4) is 5.75 Å². The van der Waals surface area contributed by atoms with Crippen molar-refractivity contribution in [3.05, 3.63) is 59.5 Å². The molecule has 0 aliphatic rings. The van der Waals surface area contributed by atoms with E-state index in [0.29, 0.717) is 35.4 Å². The quantitative estimate of drug-likeness (QED) is 0.252. The molecule has 0 saturated carbocycles.